The van der Waals surface area contributed by atoms with Gasteiger partial charge in [-0.3, -0.25) is 4.79 Å². The number of nitrogens with zero attached hydrogens (tertiary/aromatic N) is 1. The van der Waals surface area contributed by atoms with E-state index in [9.17, 15) is 13.2 Å². The van der Waals surface area contributed by atoms with E-state index in [1.165, 1.54) is 28.0 Å². The van der Waals surface area contributed by atoms with Crippen LogP contribution in [-0.4, -0.2) is 25.4 Å². The number of carbonyl (C=O) groups excluding carboxylic acids is 1. The van der Waals surface area contributed by atoms with Crippen LogP contribution >= 0.6 is 0 Å². The zero-order chi connectivity index (χ0) is 15.9. The number of primary amides is 1. The monoisotopic (exact) mass is 319 g/mol. The van der Waals surface area contributed by atoms with Crippen molar-refractivity contribution in [2.45, 2.75) is 17.2 Å². The number of benzene rings is 1. The molecule has 0 saturated heterocycles. The molecule has 1 aliphatic carbocycles. The number of aryl methyl sites for hydroxylation is 1. The van der Waals surface area contributed by atoms with Gasteiger partial charge in [-0.15, -0.1) is 0 Å². The largest absolute Gasteiger partial charge is 0.364 e. The number of hydrogen-bond donors (Lipinski definition) is 2. The van der Waals surface area contributed by atoms with E-state index in [-0.39, 0.29) is 16.5 Å². The molecule has 116 valence electrons. The predicted octanol–water partition coefficient (Wildman–Crippen LogP) is 0.742. The number of carbonyl (C=O) groups is 1. The number of nitrogens with one attached hydrogen (secondary N) is 1. The lowest BCUT2D eigenvalue weighted by atomic mass is 9.78. The zero-order valence-corrected chi connectivity index (χ0v) is 12.9. The molecule has 1 aliphatic rings. The van der Waals surface area contributed by atoms with Crippen molar-refractivity contribution in [1.29, 1.82) is 0 Å². The first kappa shape index (κ1) is 14.8. The Hall–Kier alpha value is -2.12. The molecule has 0 spiro atoms. The fourth-order valence-electron chi connectivity index (χ4n) is 2.76. The van der Waals surface area contributed by atoms with Gasteiger partial charge in [-0.1, -0.05) is 24.3 Å². The summed E-state index contributed by atoms with van der Waals surface area (Å²) in [6.45, 7) is 0.347. The number of fused-ring (bicyclic) bond motifs is 1. The molecule has 0 aliphatic heterocycles. The van der Waals surface area contributed by atoms with E-state index in [0.29, 0.717) is 6.54 Å². The van der Waals surface area contributed by atoms with Crippen molar-refractivity contribution in [2.75, 3.05) is 6.54 Å². The van der Waals surface area contributed by atoms with E-state index in [1.54, 1.807) is 7.05 Å². The maximum atomic E-state index is 12.3. The summed E-state index contributed by atoms with van der Waals surface area (Å²) in [5, 5.41) is 0. The first-order valence-corrected chi connectivity index (χ1v) is 8.40. The van der Waals surface area contributed by atoms with Crippen molar-refractivity contribution in [1.82, 2.24) is 9.29 Å². The van der Waals surface area contributed by atoms with Crippen LogP contribution in [-0.2, 0) is 23.5 Å². The van der Waals surface area contributed by atoms with Crippen LogP contribution in [0.5, 0.6) is 0 Å². The van der Waals surface area contributed by atoms with Gasteiger partial charge in [-0.05, 0) is 23.6 Å². The molecule has 0 fully saturated rings. The molecule has 0 saturated carbocycles. The predicted molar refractivity (Wildman–Crippen MR) is 82.0 cm³/mol. The Morgan fingerprint density at radius 1 is 1.41 bits per heavy atom. The van der Waals surface area contributed by atoms with E-state index in [2.05, 4.69) is 10.8 Å². The minimum Gasteiger partial charge on any atom is -0.364 e. The summed E-state index contributed by atoms with van der Waals surface area (Å²) in [5.74, 6) is -0.456. The molecule has 1 unspecified atom stereocenters. The second-order valence-electron chi connectivity index (χ2n) is 5.49. The van der Waals surface area contributed by atoms with Crippen LogP contribution in [0.4, 0.5) is 0 Å². The molecule has 1 aromatic heterocycles. The van der Waals surface area contributed by atoms with E-state index < -0.39 is 15.9 Å². The molecule has 0 radical (unpaired) electrons. The van der Waals surface area contributed by atoms with Gasteiger partial charge in [0.05, 0.1) is 0 Å². The topological polar surface area (TPSA) is 94.2 Å². The summed E-state index contributed by atoms with van der Waals surface area (Å²) in [4.78, 5) is 11.3. The smallest absolute Gasteiger partial charge is 0.265 e. The molecule has 1 amide bonds. The highest BCUT2D eigenvalue weighted by Gasteiger charge is 2.27. The Morgan fingerprint density at radius 2 is 2.14 bits per heavy atom. The van der Waals surface area contributed by atoms with Gasteiger partial charge in [-0.25, -0.2) is 13.1 Å². The molecule has 1 aromatic carbocycles. The third-order valence-electron chi connectivity index (χ3n) is 4.02. The Morgan fingerprint density at radius 3 is 2.77 bits per heavy atom. The average Bonchev–Trinajstić information content (AvgIpc) is 2.83. The highest BCUT2D eigenvalue weighted by atomic mass is 32.2. The van der Waals surface area contributed by atoms with E-state index in [1.807, 2.05) is 18.2 Å². The Kier molecular flexibility index (Phi) is 3.54. The number of rotatable bonds is 5. The van der Waals surface area contributed by atoms with Gasteiger partial charge < -0.3 is 10.3 Å². The molecular weight excluding hydrogens is 302 g/mol. The number of amides is 1. The van der Waals surface area contributed by atoms with Gasteiger partial charge in [0.25, 0.3) is 5.91 Å². The first-order valence-electron chi connectivity index (χ1n) is 6.92. The van der Waals surface area contributed by atoms with E-state index in [4.69, 9.17) is 5.73 Å². The number of hydrogen-bond acceptors (Lipinski definition) is 3. The van der Waals surface area contributed by atoms with Crippen LogP contribution in [0.3, 0.4) is 0 Å². The van der Waals surface area contributed by atoms with Gasteiger partial charge in [0.15, 0.2) is 0 Å². The second-order valence-corrected chi connectivity index (χ2v) is 7.25. The van der Waals surface area contributed by atoms with Gasteiger partial charge in [0.1, 0.15) is 10.6 Å². The van der Waals surface area contributed by atoms with Gasteiger partial charge in [0.2, 0.25) is 10.0 Å². The molecule has 0 bridgehead atoms. The van der Waals surface area contributed by atoms with E-state index in [0.717, 1.165) is 6.42 Å². The van der Waals surface area contributed by atoms with Crippen molar-refractivity contribution < 1.29 is 13.2 Å². The van der Waals surface area contributed by atoms with Gasteiger partial charge in [-0.2, -0.15) is 0 Å². The SMILES string of the molecule is Cn1cc(S(=O)(=O)NCC2Cc3ccccc32)cc1C(N)=O. The quantitative estimate of drug-likeness (QED) is 0.851. The summed E-state index contributed by atoms with van der Waals surface area (Å²) < 4.78 is 28.6. The molecule has 1 heterocycles. The summed E-state index contributed by atoms with van der Waals surface area (Å²) in [6.07, 6.45) is 2.26. The highest BCUT2D eigenvalue weighted by Crippen LogP contribution is 2.34. The molecule has 22 heavy (non-hydrogen) atoms. The van der Waals surface area contributed by atoms with Crippen LogP contribution in [0.1, 0.15) is 27.5 Å². The maximum Gasteiger partial charge on any atom is 0.265 e. The summed E-state index contributed by atoms with van der Waals surface area (Å²) in [7, 11) is -2.06. The Labute approximate surface area is 129 Å². The maximum absolute atomic E-state index is 12.3. The third kappa shape index (κ3) is 2.53. The van der Waals surface area contributed by atoms with Crippen molar-refractivity contribution >= 4 is 15.9 Å². The van der Waals surface area contributed by atoms with Crippen molar-refractivity contribution in [3.05, 3.63) is 53.3 Å². The summed E-state index contributed by atoms with van der Waals surface area (Å²) >= 11 is 0. The number of sulfonamides is 1. The standard InChI is InChI=1S/C15H17N3O3S/c1-18-9-12(7-14(18)15(16)19)22(20,21)17-8-11-6-10-4-2-3-5-13(10)11/h2-5,7,9,11,17H,6,8H2,1H3,(H2,16,19). The molecule has 1 atom stereocenters. The van der Waals surface area contributed by atoms with Gasteiger partial charge >= 0.3 is 0 Å². The lowest BCUT2D eigenvalue weighted by Gasteiger charge is -2.30. The Balaban J connectivity index is 1.73. The number of aromatic nitrogens is 1. The molecule has 6 nitrogen and oxygen atoms in total. The fraction of sp³-hybridized carbons (Fsp3) is 0.267. The molecule has 2 aromatic rings. The molecule has 3 N–H and O–H groups in total. The number of nitrogens with two attached hydrogens (primary N) is 1. The molecule has 7 heteroatoms. The Bertz CT molecular complexity index is 839. The fourth-order valence-corrected chi connectivity index (χ4v) is 3.92. The average molecular weight is 319 g/mol. The summed E-state index contributed by atoms with van der Waals surface area (Å²) in [6, 6.07) is 9.30. The van der Waals surface area contributed by atoms with Crippen molar-refractivity contribution in [3.63, 3.8) is 0 Å². The minimum atomic E-state index is -3.65. The normalized spacial score (nSPS) is 16.9. The highest BCUT2D eigenvalue weighted by molar-refractivity contribution is 7.89. The van der Waals surface area contributed by atoms with E-state index >= 15 is 0 Å². The zero-order valence-electron chi connectivity index (χ0n) is 12.1. The minimum absolute atomic E-state index is 0.0522. The lowest BCUT2D eigenvalue weighted by molar-refractivity contribution is 0.0992. The third-order valence-corrected chi connectivity index (χ3v) is 5.41. The molecule has 3 rings (SSSR count). The van der Waals surface area contributed by atoms with Crippen molar-refractivity contribution in [3.8, 4) is 0 Å². The van der Waals surface area contributed by atoms with Crippen LogP contribution in [0.2, 0.25) is 0 Å². The van der Waals surface area contributed by atoms with Gasteiger partial charge in [0, 0.05) is 25.7 Å². The molecular formula is C15H17N3O3S. The first-order chi connectivity index (χ1) is 10.4. The summed E-state index contributed by atoms with van der Waals surface area (Å²) in [5.41, 5.74) is 7.82. The second kappa shape index (κ2) is 5.26. The lowest BCUT2D eigenvalue weighted by Crippen LogP contribution is -2.33. The van der Waals surface area contributed by atoms with Crippen LogP contribution in [0.15, 0.2) is 41.4 Å². The van der Waals surface area contributed by atoms with Crippen molar-refractivity contribution in [2.24, 2.45) is 12.8 Å². The van der Waals surface area contributed by atoms with Crippen LogP contribution in [0, 0.1) is 0 Å². The van der Waals surface area contributed by atoms with Crippen LogP contribution < -0.4 is 10.5 Å². The van der Waals surface area contributed by atoms with Crippen LogP contribution in [0.25, 0.3) is 0 Å².